The molecule has 0 aromatic carbocycles. The van der Waals surface area contributed by atoms with Crippen molar-refractivity contribution in [3.05, 3.63) is 11.8 Å². The van der Waals surface area contributed by atoms with E-state index in [0.717, 1.165) is 32.1 Å². The van der Waals surface area contributed by atoms with Gasteiger partial charge in [-0.2, -0.15) is 0 Å². The van der Waals surface area contributed by atoms with Crippen LogP contribution in [0.25, 0.3) is 0 Å². The Labute approximate surface area is 123 Å². The number of hydrogen-bond donors (Lipinski definition) is 2. The van der Waals surface area contributed by atoms with Gasteiger partial charge in [0.15, 0.2) is 0 Å². The third-order valence-corrected chi connectivity index (χ3v) is 4.64. The summed E-state index contributed by atoms with van der Waals surface area (Å²) in [6, 6.07) is -0.517. The second-order valence-corrected chi connectivity index (χ2v) is 6.43. The van der Waals surface area contributed by atoms with E-state index < -0.39 is 12.0 Å². The number of carboxylic acid groups (broad SMARTS) is 1. The van der Waals surface area contributed by atoms with E-state index in [2.05, 4.69) is 6.08 Å². The Morgan fingerprint density at radius 3 is 2.75 bits per heavy atom. The minimum atomic E-state index is -1.01. The number of allylic oxidation sites excluding steroid dienone is 2. The van der Waals surface area contributed by atoms with Gasteiger partial charge in [-0.15, -0.1) is 11.8 Å². The summed E-state index contributed by atoms with van der Waals surface area (Å²) in [5, 5.41) is 8.72. The van der Waals surface area contributed by atoms with Crippen molar-refractivity contribution in [3.63, 3.8) is 0 Å². The molecule has 1 amide bonds. The fraction of sp³-hybridized carbons (Fsp3) is 0.714. The number of carbonyl (C=O) groups is 2. The molecular weight excluding hydrogens is 276 g/mol. The predicted molar refractivity (Wildman–Crippen MR) is 79.4 cm³/mol. The molecule has 2 aliphatic rings. The molecule has 0 unspecified atom stereocenters. The molecule has 0 spiro atoms. The highest BCUT2D eigenvalue weighted by Gasteiger charge is 2.34. The van der Waals surface area contributed by atoms with Crippen molar-refractivity contribution < 1.29 is 14.7 Å². The molecule has 1 saturated carbocycles. The van der Waals surface area contributed by atoms with Crippen LogP contribution < -0.4 is 5.73 Å². The Morgan fingerprint density at radius 2 is 2.20 bits per heavy atom. The standard InChI is InChI=1S/C14H22N2O3S/c15-12(14(18)19)8-20-9-13(17)16(11-6-7-11)10-4-2-1-3-5-10/h4,11-12H,1-3,5-9,15H2,(H,18,19)/t12-/m0/s1. The first-order valence-corrected chi connectivity index (χ1v) is 8.32. The smallest absolute Gasteiger partial charge is 0.321 e. The lowest BCUT2D eigenvalue weighted by atomic mass is 10.0. The molecule has 3 N–H and O–H groups in total. The van der Waals surface area contributed by atoms with Gasteiger partial charge in [0.2, 0.25) is 5.91 Å². The quantitative estimate of drug-likeness (QED) is 0.745. The van der Waals surface area contributed by atoms with E-state index >= 15 is 0 Å². The molecule has 0 aliphatic heterocycles. The van der Waals surface area contributed by atoms with E-state index in [0.29, 0.717) is 11.8 Å². The number of rotatable bonds is 7. The summed E-state index contributed by atoms with van der Waals surface area (Å²) in [7, 11) is 0. The summed E-state index contributed by atoms with van der Waals surface area (Å²) in [6.45, 7) is 0. The Balaban J connectivity index is 1.85. The van der Waals surface area contributed by atoms with Gasteiger partial charge in [-0.1, -0.05) is 6.08 Å². The average Bonchev–Trinajstić information content (AvgIpc) is 3.24. The maximum absolute atomic E-state index is 12.4. The topological polar surface area (TPSA) is 83.6 Å². The number of carbonyl (C=O) groups excluding carboxylic acids is 1. The van der Waals surface area contributed by atoms with Gasteiger partial charge < -0.3 is 15.7 Å². The summed E-state index contributed by atoms with van der Waals surface area (Å²) in [6.07, 6.45) is 8.76. The molecule has 1 atom stereocenters. The zero-order valence-corrected chi connectivity index (χ0v) is 12.4. The first kappa shape index (κ1) is 15.4. The zero-order valence-electron chi connectivity index (χ0n) is 11.6. The molecule has 0 bridgehead atoms. The van der Waals surface area contributed by atoms with Crippen LogP contribution in [0.15, 0.2) is 11.8 Å². The molecule has 2 rings (SSSR count). The third kappa shape index (κ3) is 4.24. The van der Waals surface area contributed by atoms with Crippen molar-refractivity contribution in [2.24, 2.45) is 5.73 Å². The van der Waals surface area contributed by atoms with Crippen LogP contribution in [0.4, 0.5) is 0 Å². The number of nitrogens with two attached hydrogens (primary N) is 1. The van der Waals surface area contributed by atoms with Crippen LogP contribution in [-0.2, 0) is 9.59 Å². The predicted octanol–water partition coefficient (Wildman–Crippen LogP) is 1.58. The monoisotopic (exact) mass is 298 g/mol. The fourth-order valence-electron chi connectivity index (χ4n) is 2.39. The molecule has 0 radical (unpaired) electrons. The number of thioether (sulfide) groups is 1. The minimum Gasteiger partial charge on any atom is -0.480 e. The van der Waals surface area contributed by atoms with E-state index in [9.17, 15) is 9.59 Å². The zero-order chi connectivity index (χ0) is 14.5. The van der Waals surface area contributed by atoms with Crippen molar-refractivity contribution in [2.75, 3.05) is 11.5 Å². The molecule has 0 saturated heterocycles. The Bertz CT molecular complexity index is 407. The van der Waals surface area contributed by atoms with Crippen LogP contribution in [0.2, 0.25) is 0 Å². The molecule has 112 valence electrons. The highest BCUT2D eigenvalue weighted by molar-refractivity contribution is 8.00. The summed E-state index contributed by atoms with van der Waals surface area (Å²) in [5.41, 5.74) is 6.61. The summed E-state index contributed by atoms with van der Waals surface area (Å²) >= 11 is 1.31. The molecule has 5 nitrogen and oxygen atoms in total. The number of carboxylic acids is 1. The molecule has 2 aliphatic carbocycles. The van der Waals surface area contributed by atoms with Gasteiger partial charge in [-0.05, 0) is 38.5 Å². The average molecular weight is 298 g/mol. The minimum absolute atomic E-state index is 0.100. The van der Waals surface area contributed by atoms with E-state index in [1.165, 1.54) is 23.9 Å². The Morgan fingerprint density at radius 1 is 1.45 bits per heavy atom. The normalized spacial score (nSPS) is 20.1. The maximum Gasteiger partial charge on any atom is 0.321 e. The number of aliphatic carboxylic acids is 1. The lowest BCUT2D eigenvalue weighted by Gasteiger charge is -2.27. The molecule has 20 heavy (non-hydrogen) atoms. The summed E-state index contributed by atoms with van der Waals surface area (Å²) < 4.78 is 0. The van der Waals surface area contributed by atoms with E-state index in [1.54, 1.807) is 0 Å². The van der Waals surface area contributed by atoms with E-state index in [-0.39, 0.29) is 11.7 Å². The van der Waals surface area contributed by atoms with Crippen molar-refractivity contribution in [2.45, 2.75) is 50.6 Å². The molecule has 0 heterocycles. The van der Waals surface area contributed by atoms with Crippen LogP contribution in [0.5, 0.6) is 0 Å². The first-order chi connectivity index (χ1) is 9.59. The Hall–Kier alpha value is -1.01. The second-order valence-electron chi connectivity index (χ2n) is 5.40. The molecule has 1 fully saturated rings. The molecular formula is C14H22N2O3S. The van der Waals surface area contributed by atoms with E-state index in [4.69, 9.17) is 10.8 Å². The number of nitrogens with zero attached hydrogens (tertiary/aromatic N) is 1. The molecule has 0 aromatic heterocycles. The van der Waals surface area contributed by atoms with Gasteiger partial charge in [-0.3, -0.25) is 9.59 Å². The third-order valence-electron chi connectivity index (χ3n) is 3.60. The largest absolute Gasteiger partial charge is 0.480 e. The van der Waals surface area contributed by atoms with Gasteiger partial charge >= 0.3 is 5.97 Å². The highest BCUT2D eigenvalue weighted by atomic mass is 32.2. The number of amides is 1. The second kappa shape index (κ2) is 7.13. The van der Waals surface area contributed by atoms with Gasteiger partial charge in [-0.25, -0.2) is 0 Å². The maximum atomic E-state index is 12.4. The van der Waals surface area contributed by atoms with Crippen molar-refractivity contribution in [1.82, 2.24) is 4.90 Å². The SMILES string of the molecule is N[C@@H](CSCC(=O)N(C1=CCCCC1)C1CC1)C(=O)O. The van der Waals surface area contributed by atoms with Crippen LogP contribution in [0, 0.1) is 0 Å². The first-order valence-electron chi connectivity index (χ1n) is 7.17. The van der Waals surface area contributed by atoms with Crippen LogP contribution in [0.1, 0.15) is 38.5 Å². The fourth-order valence-corrected chi connectivity index (χ4v) is 3.21. The van der Waals surface area contributed by atoms with Gasteiger partial charge in [0, 0.05) is 17.5 Å². The Kier molecular flexibility index (Phi) is 5.48. The van der Waals surface area contributed by atoms with Crippen molar-refractivity contribution >= 4 is 23.6 Å². The van der Waals surface area contributed by atoms with Crippen LogP contribution >= 0.6 is 11.8 Å². The van der Waals surface area contributed by atoms with Crippen LogP contribution in [0.3, 0.4) is 0 Å². The molecule has 6 heteroatoms. The van der Waals surface area contributed by atoms with Crippen LogP contribution in [-0.4, -0.2) is 45.5 Å². The number of hydrogen-bond acceptors (Lipinski definition) is 4. The lowest BCUT2D eigenvalue weighted by Crippen LogP contribution is -2.36. The van der Waals surface area contributed by atoms with Crippen molar-refractivity contribution in [1.29, 1.82) is 0 Å². The van der Waals surface area contributed by atoms with E-state index in [1.807, 2.05) is 4.90 Å². The summed E-state index contributed by atoms with van der Waals surface area (Å²) in [5.74, 6) is -0.324. The van der Waals surface area contributed by atoms with Crippen molar-refractivity contribution in [3.8, 4) is 0 Å². The lowest BCUT2D eigenvalue weighted by molar-refractivity contribution is -0.138. The highest BCUT2D eigenvalue weighted by Crippen LogP contribution is 2.34. The van der Waals surface area contributed by atoms with Gasteiger partial charge in [0.1, 0.15) is 6.04 Å². The molecule has 0 aromatic rings. The van der Waals surface area contributed by atoms with Gasteiger partial charge in [0.25, 0.3) is 0 Å². The summed E-state index contributed by atoms with van der Waals surface area (Å²) in [4.78, 5) is 24.9. The van der Waals surface area contributed by atoms with Gasteiger partial charge in [0.05, 0.1) is 5.75 Å².